The zero-order valence-corrected chi connectivity index (χ0v) is 11.1. The molecular weight excluding hydrogens is 307 g/mol. The van der Waals surface area contributed by atoms with Gasteiger partial charge < -0.3 is 10.7 Å². The van der Waals surface area contributed by atoms with Gasteiger partial charge >= 0.3 is 11.9 Å². The third-order valence-corrected chi connectivity index (χ3v) is 3.04. The van der Waals surface area contributed by atoms with Gasteiger partial charge in [-0.15, -0.1) is 0 Å². The van der Waals surface area contributed by atoms with Crippen molar-refractivity contribution in [3.63, 3.8) is 0 Å². The largest absolute Gasteiger partial charge is 0.417 e. The van der Waals surface area contributed by atoms with Gasteiger partial charge in [0.05, 0.1) is 10.5 Å². The van der Waals surface area contributed by atoms with Crippen LogP contribution in [0.1, 0.15) is 5.56 Å². The number of rotatable bonds is 2. The minimum absolute atomic E-state index is 0.0315. The van der Waals surface area contributed by atoms with Gasteiger partial charge in [-0.2, -0.15) is 13.2 Å². The highest BCUT2D eigenvalue weighted by Crippen LogP contribution is 2.37. The first kappa shape index (κ1) is 15.0. The number of hydrogen-bond acceptors (Lipinski definition) is 4. The lowest BCUT2D eigenvalue weighted by molar-refractivity contribution is -0.384. The van der Waals surface area contributed by atoms with E-state index < -0.39 is 22.4 Å². The van der Waals surface area contributed by atoms with E-state index >= 15 is 0 Å². The van der Waals surface area contributed by atoms with E-state index in [-0.39, 0.29) is 21.6 Å². The van der Waals surface area contributed by atoms with E-state index in [0.29, 0.717) is 0 Å². The van der Waals surface area contributed by atoms with Crippen LogP contribution in [0.25, 0.3) is 11.3 Å². The maximum Gasteiger partial charge on any atom is 0.417 e. The lowest BCUT2D eigenvalue weighted by atomic mass is 10.0. The third-order valence-electron chi connectivity index (χ3n) is 2.74. The predicted molar refractivity (Wildman–Crippen MR) is 73.1 cm³/mol. The van der Waals surface area contributed by atoms with Crippen LogP contribution in [0, 0.1) is 14.8 Å². The van der Waals surface area contributed by atoms with E-state index in [1.807, 2.05) is 0 Å². The highest BCUT2D eigenvalue weighted by molar-refractivity contribution is 7.71. The van der Waals surface area contributed by atoms with Crippen LogP contribution in [0.15, 0.2) is 30.3 Å². The zero-order chi connectivity index (χ0) is 15.8. The first-order valence-corrected chi connectivity index (χ1v) is 5.96. The lowest BCUT2D eigenvalue weighted by Crippen LogP contribution is -2.08. The van der Waals surface area contributed by atoms with E-state index in [1.165, 1.54) is 18.2 Å². The molecule has 0 spiro atoms. The van der Waals surface area contributed by atoms with Gasteiger partial charge in [-0.1, -0.05) is 30.4 Å². The van der Waals surface area contributed by atoms with Crippen molar-refractivity contribution in [1.29, 1.82) is 0 Å². The van der Waals surface area contributed by atoms with Gasteiger partial charge in [0.1, 0.15) is 5.69 Å². The van der Waals surface area contributed by atoms with Crippen molar-refractivity contribution < 1.29 is 18.1 Å². The first-order valence-electron chi connectivity index (χ1n) is 5.55. The van der Waals surface area contributed by atoms with Crippen LogP contribution in [-0.2, 0) is 6.18 Å². The number of nitrogen functional groups attached to an aromatic ring is 1. The van der Waals surface area contributed by atoms with E-state index in [2.05, 4.69) is 4.98 Å². The topological polar surface area (TPSA) is 85.0 Å². The second-order valence-corrected chi connectivity index (χ2v) is 4.52. The molecule has 2 rings (SSSR count). The number of aromatic amines is 1. The number of hydrogen-bond donors (Lipinski definition) is 2. The summed E-state index contributed by atoms with van der Waals surface area (Å²) < 4.78 is 38.6. The number of pyridine rings is 1. The quantitative estimate of drug-likeness (QED) is 0.500. The molecule has 9 heteroatoms. The van der Waals surface area contributed by atoms with Crippen molar-refractivity contribution in [3.8, 4) is 11.3 Å². The van der Waals surface area contributed by atoms with Gasteiger partial charge in [0.25, 0.3) is 0 Å². The van der Waals surface area contributed by atoms with Crippen molar-refractivity contribution in [2.45, 2.75) is 6.18 Å². The Kier molecular flexibility index (Phi) is 3.69. The van der Waals surface area contributed by atoms with E-state index in [1.54, 1.807) is 0 Å². The number of nitrogens with two attached hydrogens (primary N) is 1. The molecule has 3 N–H and O–H groups in total. The Morgan fingerprint density at radius 1 is 1.29 bits per heavy atom. The molecule has 0 radical (unpaired) electrons. The fraction of sp³-hybridized carbons (Fsp3) is 0.0833. The second kappa shape index (κ2) is 5.17. The van der Waals surface area contributed by atoms with E-state index in [0.717, 1.165) is 12.1 Å². The van der Waals surface area contributed by atoms with Gasteiger partial charge in [0, 0.05) is 11.3 Å². The molecule has 2 aromatic rings. The minimum Gasteiger partial charge on any atom is -0.393 e. The van der Waals surface area contributed by atoms with Crippen molar-refractivity contribution in [3.05, 3.63) is 50.7 Å². The average Bonchev–Trinajstić information content (AvgIpc) is 2.36. The summed E-state index contributed by atoms with van der Waals surface area (Å²) in [6, 6.07) is 5.87. The van der Waals surface area contributed by atoms with Crippen LogP contribution < -0.4 is 5.73 Å². The molecule has 0 aliphatic rings. The molecule has 0 aliphatic carbocycles. The molecule has 0 aliphatic heterocycles. The fourth-order valence-corrected chi connectivity index (χ4v) is 2.17. The summed E-state index contributed by atoms with van der Waals surface area (Å²) in [5.74, 6) is 0. The molecule has 1 aromatic carbocycles. The van der Waals surface area contributed by atoms with Crippen LogP contribution in [0.3, 0.4) is 0 Å². The summed E-state index contributed by atoms with van der Waals surface area (Å²) in [4.78, 5) is 12.4. The molecular formula is C12H8F3N3O2S. The summed E-state index contributed by atoms with van der Waals surface area (Å²) in [5.41, 5.74) is 3.59. The number of benzene rings is 1. The molecule has 0 saturated carbocycles. The molecule has 0 atom stereocenters. The minimum atomic E-state index is -4.57. The number of nitro groups is 1. The molecule has 1 heterocycles. The molecule has 0 amide bonds. The molecule has 21 heavy (non-hydrogen) atoms. The molecule has 5 nitrogen and oxygen atoms in total. The van der Waals surface area contributed by atoms with Crippen LogP contribution in [0.4, 0.5) is 24.5 Å². The van der Waals surface area contributed by atoms with Crippen molar-refractivity contribution in [2.24, 2.45) is 0 Å². The zero-order valence-electron chi connectivity index (χ0n) is 10.3. The van der Waals surface area contributed by atoms with Crippen molar-refractivity contribution >= 4 is 23.6 Å². The number of nitrogens with zero attached hydrogens (tertiary/aromatic N) is 1. The monoisotopic (exact) mass is 315 g/mol. The highest BCUT2D eigenvalue weighted by atomic mass is 32.1. The van der Waals surface area contributed by atoms with E-state index in [4.69, 9.17) is 18.0 Å². The maximum atomic E-state index is 13.0. The lowest BCUT2D eigenvalue weighted by Gasteiger charge is -2.13. The number of aromatic nitrogens is 1. The van der Waals surface area contributed by atoms with Crippen LogP contribution in [0.2, 0.25) is 0 Å². The Morgan fingerprint density at radius 2 is 1.90 bits per heavy atom. The van der Waals surface area contributed by atoms with Crippen LogP contribution in [-0.4, -0.2) is 9.91 Å². The second-order valence-electron chi connectivity index (χ2n) is 4.12. The molecule has 0 fully saturated rings. The van der Waals surface area contributed by atoms with Gasteiger partial charge in [-0.05, 0) is 12.1 Å². The Bertz CT molecular complexity index is 771. The molecule has 1 aromatic heterocycles. The first-order chi connectivity index (χ1) is 9.71. The third kappa shape index (κ3) is 2.87. The average molecular weight is 315 g/mol. The van der Waals surface area contributed by atoms with Gasteiger partial charge in [-0.25, -0.2) is 0 Å². The number of alkyl halides is 3. The number of halogens is 3. The number of H-pyrrole nitrogens is 1. The summed E-state index contributed by atoms with van der Waals surface area (Å²) >= 11 is 4.78. The maximum absolute atomic E-state index is 13.0. The van der Waals surface area contributed by atoms with Gasteiger partial charge in [0.15, 0.2) is 4.64 Å². The highest BCUT2D eigenvalue weighted by Gasteiger charge is 2.33. The number of nitrogens with one attached hydrogen (secondary N) is 1. The van der Waals surface area contributed by atoms with Crippen LogP contribution in [0.5, 0.6) is 0 Å². The summed E-state index contributed by atoms with van der Waals surface area (Å²) in [7, 11) is 0. The molecule has 0 saturated heterocycles. The molecule has 0 unspecified atom stereocenters. The van der Waals surface area contributed by atoms with E-state index in [9.17, 15) is 23.3 Å². The molecule has 0 bridgehead atoms. The Hall–Kier alpha value is -2.42. The Morgan fingerprint density at radius 3 is 2.43 bits per heavy atom. The van der Waals surface area contributed by atoms with Crippen molar-refractivity contribution in [2.75, 3.05) is 5.73 Å². The molecule has 110 valence electrons. The normalized spacial score (nSPS) is 11.4. The number of anilines is 1. The van der Waals surface area contributed by atoms with Gasteiger partial charge in [-0.3, -0.25) is 10.1 Å². The summed E-state index contributed by atoms with van der Waals surface area (Å²) in [5, 5.41) is 10.8. The van der Waals surface area contributed by atoms with Gasteiger partial charge in [0.2, 0.25) is 0 Å². The fourth-order valence-electron chi connectivity index (χ4n) is 1.87. The summed E-state index contributed by atoms with van der Waals surface area (Å²) in [6.45, 7) is 0. The summed E-state index contributed by atoms with van der Waals surface area (Å²) in [6.07, 6.45) is -4.57. The van der Waals surface area contributed by atoms with Crippen LogP contribution >= 0.6 is 12.2 Å². The Labute approximate surface area is 121 Å². The van der Waals surface area contributed by atoms with Crippen molar-refractivity contribution in [1.82, 2.24) is 4.98 Å². The SMILES string of the molecule is Nc1cc(-c2ccccc2C(F)(F)F)[nH]c(=S)c1[N+](=O)[O-]. The standard InChI is InChI=1S/C12H8F3N3O2S/c13-12(14,15)7-4-2-1-3-6(7)9-5-8(16)10(18(19)20)11(21)17-9/h1-5H,(H3,16,17,21). The Balaban J connectivity index is 2.70. The predicted octanol–water partition coefficient (Wildman–Crippen LogP) is 3.92. The smallest absolute Gasteiger partial charge is 0.393 e.